The molecule has 2 aromatic heterocycles. The standard InChI is InChI=1S/C17H20ClN5O2/c18-14-3-4-15(20-10-14)21-17(25)13-2-1-7-23(11-13)16(24)5-8-22-9-6-19-12-22/h3-4,6,9-10,12-13H,1-2,5,7-8,11H2,(H,20,21,25)/t13-/m0/s1. The third-order valence-corrected chi connectivity index (χ3v) is 4.49. The highest BCUT2D eigenvalue weighted by Crippen LogP contribution is 2.19. The van der Waals surface area contributed by atoms with Crippen LogP contribution in [0.3, 0.4) is 0 Å². The quantitative estimate of drug-likeness (QED) is 0.885. The largest absolute Gasteiger partial charge is 0.342 e. The molecule has 8 heteroatoms. The predicted octanol–water partition coefficient (Wildman–Crippen LogP) is 2.20. The Kier molecular flexibility index (Phi) is 5.65. The summed E-state index contributed by atoms with van der Waals surface area (Å²) in [5.74, 6) is 0.208. The second-order valence-electron chi connectivity index (χ2n) is 6.08. The number of anilines is 1. The maximum absolute atomic E-state index is 12.4. The van der Waals surface area contributed by atoms with Crippen LogP contribution < -0.4 is 5.32 Å². The highest BCUT2D eigenvalue weighted by atomic mass is 35.5. The van der Waals surface area contributed by atoms with Gasteiger partial charge in [0.15, 0.2) is 0 Å². The van der Waals surface area contributed by atoms with E-state index in [1.807, 2.05) is 10.8 Å². The molecule has 1 aliphatic heterocycles. The van der Waals surface area contributed by atoms with Gasteiger partial charge in [0.05, 0.1) is 17.3 Å². The Balaban J connectivity index is 1.52. The minimum absolute atomic E-state index is 0.0656. The zero-order valence-corrected chi connectivity index (χ0v) is 14.5. The minimum Gasteiger partial charge on any atom is -0.342 e. The van der Waals surface area contributed by atoms with Crippen molar-refractivity contribution in [2.75, 3.05) is 18.4 Å². The molecule has 1 N–H and O–H groups in total. The summed E-state index contributed by atoms with van der Waals surface area (Å²) >= 11 is 5.79. The Morgan fingerprint density at radius 3 is 2.96 bits per heavy atom. The third-order valence-electron chi connectivity index (χ3n) is 4.27. The van der Waals surface area contributed by atoms with Crippen molar-refractivity contribution in [3.05, 3.63) is 42.1 Å². The lowest BCUT2D eigenvalue weighted by Gasteiger charge is -2.32. The number of aromatic nitrogens is 3. The van der Waals surface area contributed by atoms with E-state index in [0.29, 0.717) is 36.9 Å². The summed E-state index contributed by atoms with van der Waals surface area (Å²) in [5.41, 5.74) is 0. The molecule has 2 amide bonds. The number of rotatable bonds is 5. The molecule has 25 heavy (non-hydrogen) atoms. The molecule has 1 saturated heterocycles. The molecule has 1 atom stereocenters. The average Bonchev–Trinajstić information content (AvgIpc) is 3.15. The summed E-state index contributed by atoms with van der Waals surface area (Å²) in [4.78, 5) is 34.6. The van der Waals surface area contributed by atoms with Crippen LogP contribution in [0.25, 0.3) is 0 Å². The summed E-state index contributed by atoms with van der Waals surface area (Å²) in [5, 5.41) is 3.31. The van der Waals surface area contributed by atoms with E-state index in [-0.39, 0.29) is 17.7 Å². The predicted molar refractivity (Wildman–Crippen MR) is 94.0 cm³/mol. The molecule has 7 nitrogen and oxygen atoms in total. The van der Waals surface area contributed by atoms with Crippen molar-refractivity contribution in [3.63, 3.8) is 0 Å². The van der Waals surface area contributed by atoms with E-state index in [9.17, 15) is 9.59 Å². The maximum Gasteiger partial charge on any atom is 0.230 e. The first-order chi connectivity index (χ1) is 12.1. The molecule has 3 heterocycles. The van der Waals surface area contributed by atoms with E-state index in [4.69, 9.17) is 11.6 Å². The summed E-state index contributed by atoms with van der Waals surface area (Å²) in [6.07, 6.45) is 8.70. The van der Waals surface area contributed by atoms with Crippen LogP contribution >= 0.6 is 11.6 Å². The van der Waals surface area contributed by atoms with Gasteiger partial charge in [-0.3, -0.25) is 9.59 Å². The van der Waals surface area contributed by atoms with E-state index in [2.05, 4.69) is 15.3 Å². The number of hydrogen-bond acceptors (Lipinski definition) is 4. The van der Waals surface area contributed by atoms with Crippen LogP contribution in [0.15, 0.2) is 37.1 Å². The summed E-state index contributed by atoms with van der Waals surface area (Å²) in [6, 6.07) is 3.34. The van der Waals surface area contributed by atoms with Crippen molar-refractivity contribution < 1.29 is 9.59 Å². The number of nitrogens with zero attached hydrogens (tertiary/aromatic N) is 4. The molecule has 3 rings (SSSR count). The molecule has 0 aliphatic carbocycles. The molecule has 0 bridgehead atoms. The number of likely N-dealkylation sites (tertiary alicyclic amines) is 1. The molecule has 0 spiro atoms. The molecule has 0 radical (unpaired) electrons. The number of pyridine rings is 1. The van der Waals surface area contributed by atoms with E-state index < -0.39 is 0 Å². The second-order valence-corrected chi connectivity index (χ2v) is 6.52. The van der Waals surface area contributed by atoms with Gasteiger partial charge in [0.1, 0.15) is 5.82 Å². The monoisotopic (exact) mass is 361 g/mol. The lowest BCUT2D eigenvalue weighted by molar-refractivity contribution is -0.134. The fraction of sp³-hybridized carbons (Fsp3) is 0.412. The zero-order valence-electron chi connectivity index (χ0n) is 13.8. The van der Waals surface area contributed by atoms with Crippen molar-refractivity contribution in [2.24, 2.45) is 5.92 Å². The molecule has 2 aromatic rings. The van der Waals surface area contributed by atoms with Crippen molar-refractivity contribution >= 4 is 29.2 Å². The molecule has 132 valence electrons. The Hall–Kier alpha value is -2.41. The van der Waals surface area contributed by atoms with Gasteiger partial charge in [0.2, 0.25) is 11.8 Å². The maximum atomic E-state index is 12.4. The van der Waals surface area contributed by atoms with Crippen LogP contribution in [0.1, 0.15) is 19.3 Å². The number of piperidine rings is 1. The van der Waals surface area contributed by atoms with Crippen molar-refractivity contribution in [2.45, 2.75) is 25.8 Å². The van der Waals surface area contributed by atoms with Gasteiger partial charge >= 0.3 is 0 Å². The highest BCUT2D eigenvalue weighted by Gasteiger charge is 2.28. The molecular formula is C17H20ClN5O2. The molecular weight excluding hydrogens is 342 g/mol. The Labute approximate surface area is 151 Å². The number of amides is 2. The molecule has 0 aromatic carbocycles. The Morgan fingerprint density at radius 1 is 1.36 bits per heavy atom. The average molecular weight is 362 g/mol. The Bertz CT molecular complexity index is 717. The van der Waals surface area contributed by atoms with E-state index in [0.717, 1.165) is 12.8 Å². The van der Waals surface area contributed by atoms with E-state index >= 15 is 0 Å². The van der Waals surface area contributed by atoms with Crippen LogP contribution in [0, 0.1) is 5.92 Å². The van der Waals surface area contributed by atoms with Crippen LogP contribution in [-0.4, -0.2) is 44.3 Å². The number of imidazole rings is 1. The van der Waals surface area contributed by atoms with Crippen LogP contribution in [-0.2, 0) is 16.1 Å². The summed E-state index contributed by atoms with van der Waals surface area (Å²) in [6.45, 7) is 1.74. The normalized spacial score (nSPS) is 17.3. The molecule has 1 fully saturated rings. The number of hydrogen-bond donors (Lipinski definition) is 1. The molecule has 0 saturated carbocycles. The Morgan fingerprint density at radius 2 is 2.24 bits per heavy atom. The summed E-state index contributed by atoms with van der Waals surface area (Å²) in [7, 11) is 0. The number of carbonyl (C=O) groups is 2. The second kappa shape index (κ2) is 8.11. The SMILES string of the molecule is O=C(Nc1ccc(Cl)cn1)[C@H]1CCCN(C(=O)CCn2ccnc2)C1. The highest BCUT2D eigenvalue weighted by molar-refractivity contribution is 6.30. The number of nitrogens with one attached hydrogen (secondary N) is 1. The van der Waals surface area contributed by atoms with Gasteiger partial charge in [-0.05, 0) is 25.0 Å². The smallest absolute Gasteiger partial charge is 0.230 e. The lowest BCUT2D eigenvalue weighted by Crippen LogP contribution is -2.44. The summed E-state index contributed by atoms with van der Waals surface area (Å²) < 4.78 is 1.87. The van der Waals surface area contributed by atoms with Gasteiger partial charge in [-0.2, -0.15) is 0 Å². The first-order valence-electron chi connectivity index (χ1n) is 8.28. The van der Waals surface area contributed by atoms with Gasteiger partial charge < -0.3 is 14.8 Å². The van der Waals surface area contributed by atoms with Crippen molar-refractivity contribution in [1.29, 1.82) is 0 Å². The number of halogens is 1. The first-order valence-corrected chi connectivity index (χ1v) is 8.65. The van der Waals surface area contributed by atoms with Crippen LogP contribution in [0.5, 0.6) is 0 Å². The van der Waals surface area contributed by atoms with E-state index in [1.54, 1.807) is 29.6 Å². The molecule has 0 unspecified atom stereocenters. The van der Waals surface area contributed by atoms with Crippen molar-refractivity contribution in [1.82, 2.24) is 19.4 Å². The minimum atomic E-state index is -0.219. The van der Waals surface area contributed by atoms with Crippen molar-refractivity contribution in [3.8, 4) is 0 Å². The fourth-order valence-electron chi connectivity index (χ4n) is 2.90. The zero-order chi connectivity index (χ0) is 17.6. The first kappa shape index (κ1) is 17.4. The van der Waals surface area contributed by atoms with Gasteiger partial charge in [-0.15, -0.1) is 0 Å². The van der Waals surface area contributed by atoms with Gasteiger partial charge in [-0.25, -0.2) is 9.97 Å². The number of carbonyl (C=O) groups excluding carboxylic acids is 2. The third kappa shape index (κ3) is 4.79. The van der Waals surface area contributed by atoms with Crippen LogP contribution in [0.4, 0.5) is 5.82 Å². The fourth-order valence-corrected chi connectivity index (χ4v) is 3.01. The lowest BCUT2D eigenvalue weighted by atomic mass is 9.97. The topological polar surface area (TPSA) is 80.1 Å². The van der Waals surface area contributed by atoms with Gasteiger partial charge in [0.25, 0.3) is 0 Å². The number of aryl methyl sites for hydroxylation is 1. The van der Waals surface area contributed by atoms with Crippen LogP contribution in [0.2, 0.25) is 5.02 Å². The van der Waals surface area contributed by atoms with Gasteiger partial charge in [0, 0.05) is 44.6 Å². The van der Waals surface area contributed by atoms with Gasteiger partial charge in [-0.1, -0.05) is 11.6 Å². The molecule has 1 aliphatic rings. The van der Waals surface area contributed by atoms with E-state index in [1.165, 1.54) is 6.20 Å².